The SMILES string of the molecule is CCN(CC)C(=S)SCP(I)(c1ccccc1)(c1ccccc1)c1ccccc1. The topological polar surface area (TPSA) is 3.24 Å². The van der Waals surface area contributed by atoms with Crippen LogP contribution >= 0.6 is 50.3 Å². The zero-order valence-corrected chi connectivity index (χ0v) is 21.6. The molecule has 0 aliphatic heterocycles. The van der Waals surface area contributed by atoms with Gasteiger partial charge in [0.05, 0.1) is 0 Å². The third-order valence-electron chi connectivity index (χ3n) is 5.34. The number of thiocarbonyl (C=S) groups is 1. The van der Waals surface area contributed by atoms with Gasteiger partial charge in [0.15, 0.2) is 0 Å². The van der Waals surface area contributed by atoms with Gasteiger partial charge < -0.3 is 0 Å². The van der Waals surface area contributed by atoms with Crippen LogP contribution in [0.1, 0.15) is 13.8 Å². The maximum absolute atomic E-state index is 5.85. The number of nitrogens with zero attached hydrogens (tertiary/aromatic N) is 1. The van der Waals surface area contributed by atoms with E-state index in [0.717, 1.165) is 22.9 Å². The number of halogens is 1. The first kappa shape index (κ1) is 22.7. The second-order valence-corrected chi connectivity index (χ2v) is 19.6. The van der Waals surface area contributed by atoms with Crippen LogP contribution in [0.4, 0.5) is 0 Å². The molecule has 0 heterocycles. The van der Waals surface area contributed by atoms with E-state index in [0.29, 0.717) is 0 Å². The summed E-state index contributed by atoms with van der Waals surface area (Å²) in [5, 5.41) is 4.18. The summed E-state index contributed by atoms with van der Waals surface area (Å²) in [6.07, 6.45) is 0. The van der Waals surface area contributed by atoms with Crippen LogP contribution in [0.15, 0.2) is 91.0 Å². The number of rotatable bonds is 7. The molecule has 0 bridgehead atoms. The fraction of sp³-hybridized carbons (Fsp3) is 0.208. The molecule has 0 atom stereocenters. The van der Waals surface area contributed by atoms with Crippen molar-refractivity contribution in [2.75, 3.05) is 18.6 Å². The van der Waals surface area contributed by atoms with Gasteiger partial charge in [0.2, 0.25) is 0 Å². The Balaban J connectivity index is 2.23. The summed E-state index contributed by atoms with van der Waals surface area (Å²) in [4.78, 5) is 2.28. The van der Waals surface area contributed by atoms with Crippen molar-refractivity contribution in [3.05, 3.63) is 91.0 Å². The van der Waals surface area contributed by atoms with E-state index in [1.54, 1.807) is 0 Å². The van der Waals surface area contributed by atoms with Crippen LogP contribution in [-0.2, 0) is 0 Å². The van der Waals surface area contributed by atoms with Crippen molar-refractivity contribution in [3.8, 4) is 0 Å². The second-order valence-electron chi connectivity index (χ2n) is 6.90. The predicted molar refractivity (Wildman–Crippen MR) is 147 cm³/mol. The molecule has 0 spiro atoms. The molecule has 152 valence electrons. The van der Waals surface area contributed by atoms with Gasteiger partial charge in [-0.2, -0.15) is 0 Å². The molecule has 0 N–H and O–H groups in total. The average Bonchev–Trinajstić information content (AvgIpc) is 2.80. The Morgan fingerprint density at radius 3 is 1.41 bits per heavy atom. The molecule has 0 saturated carbocycles. The van der Waals surface area contributed by atoms with E-state index in [4.69, 9.17) is 12.2 Å². The van der Waals surface area contributed by atoms with E-state index in [2.05, 4.69) is 132 Å². The van der Waals surface area contributed by atoms with Crippen LogP contribution in [0.3, 0.4) is 0 Å². The third-order valence-corrected chi connectivity index (χ3v) is 20.6. The standard InChI is InChI=1S/C24H27INPS2/c1-3-26(4-2)24(28)29-20-27(25,21-14-8-5-9-15-21,22-16-10-6-11-17-22)23-18-12-7-13-19-23/h5-19H,3-4,20H2,1-2H3. The Hall–Kier alpha value is -0.940. The van der Waals surface area contributed by atoms with Crippen molar-refractivity contribution < 1.29 is 0 Å². The summed E-state index contributed by atoms with van der Waals surface area (Å²) in [6.45, 7) is 6.24. The van der Waals surface area contributed by atoms with Crippen LogP contribution in [0, 0.1) is 0 Å². The molecular formula is C24H27INPS2. The first-order valence-electron chi connectivity index (χ1n) is 9.86. The summed E-state index contributed by atoms with van der Waals surface area (Å²) in [7, 11) is 0. The van der Waals surface area contributed by atoms with Gasteiger partial charge >= 0.3 is 199 Å². The number of hydrogen-bond donors (Lipinski definition) is 0. The zero-order chi connectivity index (χ0) is 20.8. The summed E-state index contributed by atoms with van der Waals surface area (Å²) in [5.74, 6) is 0. The van der Waals surface area contributed by atoms with Crippen LogP contribution in [0.2, 0.25) is 0 Å². The second kappa shape index (κ2) is 9.91. The van der Waals surface area contributed by atoms with Crippen molar-refractivity contribution in [1.29, 1.82) is 0 Å². The molecule has 3 rings (SSSR count). The minimum atomic E-state index is -2.75. The predicted octanol–water partition coefficient (Wildman–Crippen LogP) is 6.18. The van der Waals surface area contributed by atoms with Crippen molar-refractivity contribution >= 4 is 70.5 Å². The van der Waals surface area contributed by atoms with Crippen LogP contribution in [0.5, 0.6) is 0 Å². The van der Waals surface area contributed by atoms with Gasteiger partial charge in [-0.1, -0.05) is 0 Å². The molecule has 0 aromatic heterocycles. The molecular weight excluding hydrogens is 524 g/mol. The van der Waals surface area contributed by atoms with Crippen LogP contribution < -0.4 is 15.9 Å². The molecule has 0 aliphatic carbocycles. The Labute approximate surface area is 197 Å². The third kappa shape index (κ3) is 4.41. The summed E-state index contributed by atoms with van der Waals surface area (Å²) in [6, 6.07) is 33.1. The van der Waals surface area contributed by atoms with Gasteiger partial charge in [-0.25, -0.2) is 0 Å². The Morgan fingerprint density at radius 1 is 0.759 bits per heavy atom. The van der Waals surface area contributed by atoms with Gasteiger partial charge in [-0.05, 0) is 0 Å². The molecule has 0 amide bonds. The van der Waals surface area contributed by atoms with Crippen molar-refractivity contribution in [1.82, 2.24) is 4.90 Å². The van der Waals surface area contributed by atoms with Crippen molar-refractivity contribution in [2.45, 2.75) is 13.8 Å². The molecule has 0 fully saturated rings. The maximum atomic E-state index is 5.85. The zero-order valence-electron chi connectivity index (χ0n) is 16.9. The molecule has 0 aliphatic rings. The normalized spacial score (nSPS) is 12.7. The summed E-state index contributed by atoms with van der Waals surface area (Å²) >= 11 is 10.5. The van der Waals surface area contributed by atoms with Gasteiger partial charge in [-0.15, -0.1) is 0 Å². The summed E-state index contributed by atoms with van der Waals surface area (Å²) in [5.41, 5.74) is 0.944. The van der Waals surface area contributed by atoms with E-state index < -0.39 is 4.25 Å². The average molecular weight is 551 g/mol. The molecule has 29 heavy (non-hydrogen) atoms. The van der Waals surface area contributed by atoms with E-state index in [1.807, 2.05) is 11.8 Å². The first-order chi connectivity index (χ1) is 14.0. The van der Waals surface area contributed by atoms with Gasteiger partial charge in [-0.3, -0.25) is 0 Å². The Kier molecular flexibility index (Phi) is 7.77. The molecule has 0 unspecified atom stereocenters. The molecule has 0 radical (unpaired) electrons. The molecule has 5 heteroatoms. The minimum absolute atomic E-state index is 0.944. The molecule has 3 aromatic rings. The number of hydrogen-bond acceptors (Lipinski definition) is 2. The van der Waals surface area contributed by atoms with E-state index in [9.17, 15) is 0 Å². The van der Waals surface area contributed by atoms with Crippen molar-refractivity contribution in [3.63, 3.8) is 0 Å². The number of benzene rings is 3. The van der Waals surface area contributed by atoms with E-state index in [-0.39, 0.29) is 0 Å². The van der Waals surface area contributed by atoms with Gasteiger partial charge in [0.25, 0.3) is 0 Å². The van der Waals surface area contributed by atoms with Gasteiger partial charge in [0, 0.05) is 0 Å². The molecule has 3 aromatic carbocycles. The number of thioether (sulfide) groups is 1. The first-order valence-corrected chi connectivity index (χ1v) is 16.5. The fourth-order valence-corrected chi connectivity index (χ4v) is 15.4. The Bertz CT molecular complexity index is 831. The monoisotopic (exact) mass is 551 g/mol. The van der Waals surface area contributed by atoms with Crippen LogP contribution in [0.25, 0.3) is 0 Å². The molecule has 0 saturated heterocycles. The Morgan fingerprint density at radius 2 is 1.10 bits per heavy atom. The molecule has 1 nitrogen and oxygen atoms in total. The quantitative estimate of drug-likeness (QED) is 0.196. The van der Waals surface area contributed by atoms with Crippen LogP contribution in [-0.4, -0.2) is 27.8 Å². The van der Waals surface area contributed by atoms with E-state index >= 15 is 0 Å². The summed E-state index contributed by atoms with van der Waals surface area (Å²) < 4.78 is -1.76. The fourth-order valence-electron chi connectivity index (χ4n) is 3.64. The van der Waals surface area contributed by atoms with E-state index in [1.165, 1.54) is 15.9 Å². The van der Waals surface area contributed by atoms with Gasteiger partial charge in [0.1, 0.15) is 0 Å². The van der Waals surface area contributed by atoms with Crippen molar-refractivity contribution in [2.24, 2.45) is 0 Å².